The van der Waals surface area contributed by atoms with Gasteiger partial charge in [0.25, 0.3) is 0 Å². The lowest BCUT2D eigenvalue weighted by Crippen LogP contribution is -2.14. The molecule has 0 aliphatic carbocycles. The minimum atomic E-state index is 0.718. The van der Waals surface area contributed by atoms with Crippen LogP contribution in [0.4, 0.5) is 0 Å². The Balaban J connectivity index is 1.99. The largest absolute Gasteiger partial charge is 0.311 e. The Hall–Kier alpha value is -1.69. The second kappa shape index (κ2) is 6.47. The van der Waals surface area contributed by atoms with Crippen LogP contribution in [0.3, 0.4) is 0 Å². The Morgan fingerprint density at radius 3 is 2.89 bits per heavy atom. The summed E-state index contributed by atoms with van der Waals surface area (Å²) in [7, 11) is 0. The van der Waals surface area contributed by atoms with Gasteiger partial charge in [-0.05, 0) is 32.9 Å². The molecule has 2 aromatic heterocycles. The average Bonchev–Trinajstić information content (AvgIpc) is 2.97. The number of aryl methyl sites for hydroxylation is 2. The van der Waals surface area contributed by atoms with Gasteiger partial charge in [-0.15, -0.1) is 5.10 Å². The molecule has 0 aliphatic rings. The van der Waals surface area contributed by atoms with Gasteiger partial charge in [0.1, 0.15) is 0 Å². The summed E-state index contributed by atoms with van der Waals surface area (Å²) in [4.78, 5) is 0. The first kappa shape index (κ1) is 13.7. The molecule has 0 bridgehead atoms. The zero-order chi connectivity index (χ0) is 13.7. The molecule has 2 heterocycles. The van der Waals surface area contributed by atoms with E-state index < -0.39 is 0 Å². The van der Waals surface area contributed by atoms with Crippen LogP contribution in [0.25, 0.3) is 0 Å². The van der Waals surface area contributed by atoms with E-state index in [0.717, 1.165) is 49.7 Å². The molecule has 0 spiro atoms. The molecule has 104 valence electrons. The van der Waals surface area contributed by atoms with Crippen LogP contribution in [0.5, 0.6) is 0 Å². The Labute approximate surface area is 113 Å². The normalized spacial score (nSPS) is 11.1. The summed E-state index contributed by atoms with van der Waals surface area (Å²) in [5.74, 6) is 0. The lowest BCUT2D eigenvalue weighted by molar-refractivity contribution is 0.565. The number of hydrogen-bond donors (Lipinski definition) is 1. The van der Waals surface area contributed by atoms with Gasteiger partial charge in [-0.1, -0.05) is 12.1 Å². The van der Waals surface area contributed by atoms with Crippen LogP contribution >= 0.6 is 0 Å². The smallest absolute Gasteiger partial charge is 0.0964 e. The molecule has 0 aliphatic heterocycles. The first-order chi connectivity index (χ1) is 9.22. The Morgan fingerprint density at radius 1 is 1.32 bits per heavy atom. The highest BCUT2D eigenvalue weighted by Gasteiger charge is 2.06. The Kier molecular flexibility index (Phi) is 4.68. The molecule has 6 nitrogen and oxygen atoms in total. The van der Waals surface area contributed by atoms with Crippen molar-refractivity contribution in [3.8, 4) is 0 Å². The molecule has 0 aromatic carbocycles. The van der Waals surface area contributed by atoms with E-state index in [0.29, 0.717) is 0 Å². The molecule has 19 heavy (non-hydrogen) atoms. The van der Waals surface area contributed by atoms with Gasteiger partial charge in [0, 0.05) is 13.1 Å². The van der Waals surface area contributed by atoms with Gasteiger partial charge in [0.05, 0.1) is 29.8 Å². The highest BCUT2D eigenvalue weighted by atomic mass is 15.4. The van der Waals surface area contributed by atoms with E-state index in [1.807, 2.05) is 22.5 Å². The molecule has 0 saturated carbocycles. The van der Waals surface area contributed by atoms with Gasteiger partial charge >= 0.3 is 0 Å². The molecular weight excluding hydrogens is 240 g/mol. The van der Waals surface area contributed by atoms with Crippen LogP contribution in [0.15, 0.2) is 12.3 Å². The topological polar surface area (TPSA) is 60.6 Å². The van der Waals surface area contributed by atoms with Crippen molar-refractivity contribution in [2.45, 2.75) is 46.8 Å². The zero-order valence-electron chi connectivity index (χ0n) is 11.9. The lowest BCUT2D eigenvalue weighted by Gasteiger charge is -2.03. The first-order valence-corrected chi connectivity index (χ1v) is 6.86. The number of rotatable bonds is 7. The van der Waals surface area contributed by atoms with E-state index in [1.54, 1.807) is 0 Å². The standard InChI is InChI=1S/C13H22N6/c1-4-6-14-8-12-9-18(17-15-12)10-13-7-11(3)16-19(13)5-2/h7,9,14H,4-6,8,10H2,1-3H3. The molecule has 0 amide bonds. The Morgan fingerprint density at radius 2 is 2.16 bits per heavy atom. The van der Waals surface area contributed by atoms with Crippen molar-refractivity contribution in [2.24, 2.45) is 0 Å². The van der Waals surface area contributed by atoms with Crippen molar-refractivity contribution in [1.29, 1.82) is 0 Å². The number of nitrogens with one attached hydrogen (secondary N) is 1. The van der Waals surface area contributed by atoms with E-state index in [2.05, 4.69) is 40.6 Å². The van der Waals surface area contributed by atoms with Gasteiger partial charge in [0.2, 0.25) is 0 Å². The summed E-state index contributed by atoms with van der Waals surface area (Å²) >= 11 is 0. The third kappa shape index (κ3) is 3.64. The number of nitrogens with zero attached hydrogens (tertiary/aromatic N) is 5. The van der Waals surface area contributed by atoms with Gasteiger partial charge < -0.3 is 5.32 Å². The SMILES string of the molecule is CCCNCc1cn(Cc2cc(C)nn2CC)nn1. The molecule has 1 N–H and O–H groups in total. The minimum Gasteiger partial charge on any atom is -0.311 e. The van der Waals surface area contributed by atoms with Crippen molar-refractivity contribution in [3.05, 3.63) is 29.3 Å². The van der Waals surface area contributed by atoms with Crippen molar-refractivity contribution in [3.63, 3.8) is 0 Å². The fourth-order valence-electron chi connectivity index (χ4n) is 2.06. The van der Waals surface area contributed by atoms with Gasteiger partial charge in [-0.2, -0.15) is 5.10 Å². The second-order valence-electron chi connectivity index (χ2n) is 4.68. The molecular formula is C13H22N6. The highest BCUT2D eigenvalue weighted by Crippen LogP contribution is 2.06. The minimum absolute atomic E-state index is 0.718. The van der Waals surface area contributed by atoms with Gasteiger partial charge in [-0.25, -0.2) is 4.68 Å². The summed E-state index contributed by atoms with van der Waals surface area (Å²) in [5, 5.41) is 16.1. The summed E-state index contributed by atoms with van der Waals surface area (Å²) < 4.78 is 3.87. The maximum Gasteiger partial charge on any atom is 0.0964 e. The van der Waals surface area contributed by atoms with Crippen LogP contribution in [0, 0.1) is 6.92 Å². The van der Waals surface area contributed by atoms with E-state index in [9.17, 15) is 0 Å². The predicted octanol–water partition coefficient (Wildman–Crippen LogP) is 1.35. The summed E-state index contributed by atoms with van der Waals surface area (Å²) in [6, 6.07) is 2.10. The average molecular weight is 262 g/mol. The lowest BCUT2D eigenvalue weighted by atomic mass is 10.3. The van der Waals surface area contributed by atoms with E-state index in [4.69, 9.17) is 0 Å². The van der Waals surface area contributed by atoms with Crippen molar-refractivity contribution >= 4 is 0 Å². The first-order valence-electron chi connectivity index (χ1n) is 6.86. The van der Waals surface area contributed by atoms with E-state index in [1.165, 1.54) is 0 Å². The van der Waals surface area contributed by atoms with Crippen LogP contribution < -0.4 is 5.32 Å². The van der Waals surface area contributed by atoms with Crippen LogP contribution in [-0.2, 0) is 19.6 Å². The zero-order valence-corrected chi connectivity index (χ0v) is 11.9. The van der Waals surface area contributed by atoms with Crippen molar-refractivity contribution in [2.75, 3.05) is 6.54 Å². The fourth-order valence-corrected chi connectivity index (χ4v) is 2.06. The quantitative estimate of drug-likeness (QED) is 0.765. The van der Waals surface area contributed by atoms with Crippen LogP contribution in [0.1, 0.15) is 37.4 Å². The monoisotopic (exact) mass is 262 g/mol. The van der Waals surface area contributed by atoms with E-state index in [-0.39, 0.29) is 0 Å². The van der Waals surface area contributed by atoms with Crippen molar-refractivity contribution in [1.82, 2.24) is 30.1 Å². The predicted molar refractivity (Wildman–Crippen MR) is 73.8 cm³/mol. The highest BCUT2D eigenvalue weighted by molar-refractivity contribution is 5.09. The fraction of sp³-hybridized carbons (Fsp3) is 0.615. The maximum atomic E-state index is 4.44. The van der Waals surface area contributed by atoms with Gasteiger partial charge in [-0.3, -0.25) is 4.68 Å². The van der Waals surface area contributed by atoms with E-state index >= 15 is 0 Å². The van der Waals surface area contributed by atoms with Crippen LogP contribution in [-0.4, -0.2) is 31.3 Å². The Bertz CT molecular complexity index is 513. The molecule has 0 unspecified atom stereocenters. The molecule has 0 radical (unpaired) electrons. The summed E-state index contributed by atoms with van der Waals surface area (Å²) in [6.07, 6.45) is 3.12. The number of hydrogen-bond acceptors (Lipinski definition) is 4. The molecule has 0 atom stereocenters. The van der Waals surface area contributed by atoms with Crippen LogP contribution in [0.2, 0.25) is 0 Å². The number of aromatic nitrogens is 5. The summed E-state index contributed by atoms with van der Waals surface area (Å²) in [5.41, 5.74) is 3.19. The second-order valence-corrected chi connectivity index (χ2v) is 4.68. The maximum absolute atomic E-state index is 4.44. The molecule has 6 heteroatoms. The molecule has 2 rings (SSSR count). The molecule has 0 saturated heterocycles. The third-order valence-corrected chi connectivity index (χ3v) is 2.93. The third-order valence-electron chi connectivity index (χ3n) is 2.93. The molecule has 0 fully saturated rings. The van der Waals surface area contributed by atoms with Crippen molar-refractivity contribution < 1.29 is 0 Å². The van der Waals surface area contributed by atoms with Gasteiger partial charge in [0.15, 0.2) is 0 Å². The molecule has 2 aromatic rings. The summed E-state index contributed by atoms with van der Waals surface area (Å²) in [6.45, 7) is 9.64.